The lowest BCUT2D eigenvalue weighted by Crippen LogP contribution is -2.22. The molecule has 0 spiro atoms. The van der Waals surface area contributed by atoms with Gasteiger partial charge in [-0.3, -0.25) is 9.69 Å². The molecule has 1 saturated heterocycles. The smallest absolute Gasteiger partial charge is 0.265 e. The largest absolute Gasteiger partial charge is 0.493 e. The molecule has 0 aromatic heterocycles. The number of rotatable bonds is 7. The molecule has 0 N–H and O–H groups in total. The minimum absolute atomic E-state index is 0.0899. The average Bonchev–Trinajstić information content (AvgIpc) is 2.91. The van der Waals surface area contributed by atoms with Crippen molar-refractivity contribution in [1.82, 2.24) is 4.90 Å². The van der Waals surface area contributed by atoms with Crippen molar-refractivity contribution < 1.29 is 14.3 Å². The molecule has 0 bridgehead atoms. The first-order valence-electron chi connectivity index (χ1n) is 8.37. The Labute approximate surface area is 173 Å². The van der Waals surface area contributed by atoms with Gasteiger partial charge in [0.1, 0.15) is 15.8 Å². The first kappa shape index (κ1) is 19.7. The number of hydrogen-bond donors (Lipinski definition) is 0. The van der Waals surface area contributed by atoms with Crippen LogP contribution in [0.4, 0.5) is 0 Å². The van der Waals surface area contributed by atoms with E-state index < -0.39 is 0 Å². The molecule has 0 aliphatic carbocycles. The fourth-order valence-corrected chi connectivity index (χ4v) is 3.76. The first-order valence-corrected chi connectivity index (χ1v) is 9.97. The molecule has 1 aliphatic heterocycles. The van der Waals surface area contributed by atoms with Gasteiger partial charge < -0.3 is 9.47 Å². The number of thiocarbonyl (C=S) groups is 1. The van der Waals surface area contributed by atoms with Crippen LogP contribution in [0.1, 0.15) is 12.0 Å². The Morgan fingerprint density at radius 3 is 2.37 bits per heavy atom. The van der Waals surface area contributed by atoms with Crippen molar-refractivity contribution in [2.24, 2.45) is 0 Å². The van der Waals surface area contributed by atoms with Crippen LogP contribution in [0.2, 0.25) is 5.02 Å². The zero-order valence-corrected chi connectivity index (χ0v) is 17.1. The summed E-state index contributed by atoms with van der Waals surface area (Å²) in [4.78, 5) is 14.2. The summed E-state index contributed by atoms with van der Waals surface area (Å²) in [5.74, 6) is 1.30. The number of thioether (sulfide) groups is 1. The summed E-state index contributed by atoms with van der Waals surface area (Å²) in [6, 6.07) is 15.0. The van der Waals surface area contributed by atoms with E-state index in [1.807, 2.05) is 48.5 Å². The number of carbonyl (C=O) groups is 1. The summed E-state index contributed by atoms with van der Waals surface area (Å²) in [6.07, 6.45) is 2.52. The Kier molecular flexibility index (Phi) is 6.77. The molecular formula is C20H18ClNO3S2. The predicted molar refractivity (Wildman–Crippen MR) is 114 cm³/mol. The van der Waals surface area contributed by atoms with Gasteiger partial charge in [-0.15, -0.1) is 0 Å². The third kappa shape index (κ3) is 5.03. The highest BCUT2D eigenvalue weighted by atomic mass is 35.5. The molecule has 1 aliphatic rings. The Hall–Kier alpha value is -2.02. The number of nitrogens with zero attached hydrogens (tertiary/aromatic N) is 1. The van der Waals surface area contributed by atoms with E-state index in [1.54, 1.807) is 13.1 Å². The number of benzene rings is 2. The number of halogens is 1. The molecule has 0 saturated carbocycles. The Bertz CT molecular complexity index is 885. The van der Waals surface area contributed by atoms with Crippen molar-refractivity contribution >= 4 is 51.9 Å². The molecular weight excluding hydrogens is 402 g/mol. The third-order valence-corrected chi connectivity index (χ3v) is 5.63. The van der Waals surface area contributed by atoms with E-state index in [4.69, 9.17) is 33.3 Å². The van der Waals surface area contributed by atoms with E-state index in [-0.39, 0.29) is 5.91 Å². The molecule has 2 aromatic rings. The Morgan fingerprint density at radius 1 is 1.07 bits per heavy atom. The van der Waals surface area contributed by atoms with Gasteiger partial charge >= 0.3 is 0 Å². The van der Waals surface area contributed by atoms with E-state index in [0.29, 0.717) is 39.6 Å². The lowest BCUT2D eigenvalue weighted by atomic mass is 10.2. The van der Waals surface area contributed by atoms with Crippen LogP contribution in [0.5, 0.6) is 11.5 Å². The van der Waals surface area contributed by atoms with Crippen LogP contribution >= 0.6 is 35.6 Å². The summed E-state index contributed by atoms with van der Waals surface area (Å²) in [5.41, 5.74) is 0.846. The lowest BCUT2D eigenvalue weighted by Gasteiger charge is -2.11. The second-order valence-electron chi connectivity index (χ2n) is 5.76. The maximum Gasteiger partial charge on any atom is 0.265 e. The van der Waals surface area contributed by atoms with E-state index in [1.165, 1.54) is 16.7 Å². The van der Waals surface area contributed by atoms with Gasteiger partial charge in [0.05, 0.1) is 23.1 Å². The fraction of sp³-hybridized carbons (Fsp3) is 0.200. The topological polar surface area (TPSA) is 38.8 Å². The van der Waals surface area contributed by atoms with Crippen molar-refractivity contribution in [3.63, 3.8) is 0 Å². The van der Waals surface area contributed by atoms with Crippen LogP contribution < -0.4 is 9.47 Å². The summed E-state index contributed by atoms with van der Waals surface area (Å²) in [7, 11) is 1.68. The normalized spacial score (nSPS) is 15.5. The number of likely N-dealkylation sites (N-methyl/N-ethyl adjacent to an activating group) is 1. The first-order chi connectivity index (χ1) is 13.1. The molecule has 0 unspecified atom stereocenters. The van der Waals surface area contributed by atoms with Gasteiger partial charge in [-0.05, 0) is 24.3 Å². The van der Waals surface area contributed by atoms with Crippen LogP contribution in [0.25, 0.3) is 6.08 Å². The van der Waals surface area contributed by atoms with E-state index in [0.717, 1.165) is 11.3 Å². The summed E-state index contributed by atoms with van der Waals surface area (Å²) in [6.45, 7) is 0.991. The highest BCUT2D eigenvalue weighted by Gasteiger charge is 2.28. The zero-order valence-electron chi connectivity index (χ0n) is 14.7. The second kappa shape index (κ2) is 9.26. The molecule has 27 heavy (non-hydrogen) atoms. The Balaban J connectivity index is 1.56. The summed E-state index contributed by atoms with van der Waals surface area (Å²) >= 11 is 12.5. The van der Waals surface area contributed by atoms with E-state index in [9.17, 15) is 4.79 Å². The predicted octanol–water partition coefficient (Wildman–Crippen LogP) is 5.02. The van der Waals surface area contributed by atoms with Crippen molar-refractivity contribution in [2.45, 2.75) is 6.42 Å². The lowest BCUT2D eigenvalue weighted by molar-refractivity contribution is -0.121. The zero-order chi connectivity index (χ0) is 19.2. The fourth-order valence-electron chi connectivity index (χ4n) is 2.40. The highest BCUT2D eigenvalue weighted by Crippen LogP contribution is 2.33. The summed E-state index contributed by atoms with van der Waals surface area (Å²) < 4.78 is 12.1. The van der Waals surface area contributed by atoms with Gasteiger partial charge in [-0.2, -0.15) is 0 Å². The highest BCUT2D eigenvalue weighted by molar-refractivity contribution is 8.26. The minimum atomic E-state index is -0.0899. The van der Waals surface area contributed by atoms with Gasteiger partial charge in [0.15, 0.2) is 0 Å². The summed E-state index contributed by atoms with van der Waals surface area (Å²) in [5, 5.41) is 0.594. The average molecular weight is 420 g/mol. The van der Waals surface area contributed by atoms with Crippen molar-refractivity contribution in [1.29, 1.82) is 0 Å². The Morgan fingerprint density at radius 2 is 1.70 bits per heavy atom. The molecule has 0 atom stereocenters. The van der Waals surface area contributed by atoms with Crippen molar-refractivity contribution in [3.05, 3.63) is 64.0 Å². The number of carbonyl (C=O) groups excluding carboxylic acids is 1. The van der Waals surface area contributed by atoms with Gasteiger partial charge in [-0.1, -0.05) is 65.9 Å². The maximum absolute atomic E-state index is 12.2. The molecule has 7 heteroatoms. The van der Waals surface area contributed by atoms with E-state index >= 15 is 0 Å². The molecule has 3 rings (SSSR count). The number of amides is 1. The van der Waals surface area contributed by atoms with Crippen molar-refractivity contribution in [2.75, 3.05) is 20.3 Å². The minimum Gasteiger partial charge on any atom is -0.493 e. The number of para-hydroxylation sites is 2. The standard InChI is InChI=1S/C20H18ClNO3S2/c1-22-19(23)18(27-20(22)26)13-14-7-2-4-9-16(14)24-11-6-12-25-17-10-5-3-8-15(17)21/h2-5,7-10,13H,6,11-12H2,1H3. The third-order valence-electron chi connectivity index (χ3n) is 3.83. The van der Waals surface area contributed by atoms with Gasteiger partial charge in [0.25, 0.3) is 5.91 Å². The molecule has 0 radical (unpaired) electrons. The molecule has 1 fully saturated rings. The molecule has 1 heterocycles. The van der Waals surface area contributed by atoms with Crippen molar-refractivity contribution in [3.8, 4) is 11.5 Å². The quantitative estimate of drug-likeness (QED) is 0.358. The van der Waals surface area contributed by atoms with E-state index in [2.05, 4.69) is 0 Å². The molecule has 4 nitrogen and oxygen atoms in total. The second-order valence-corrected chi connectivity index (χ2v) is 7.84. The van der Waals surface area contributed by atoms with Crippen LogP contribution in [0.3, 0.4) is 0 Å². The SMILES string of the molecule is CN1C(=O)C(=Cc2ccccc2OCCCOc2ccccc2Cl)SC1=S. The van der Waals surface area contributed by atoms with Gasteiger partial charge in [0, 0.05) is 19.0 Å². The van der Waals surface area contributed by atoms with Crippen LogP contribution in [0, 0.1) is 0 Å². The van der Waals surface area contributed by atoms with Crippen LogP contribution in [-0.4, -0.2) is 35.4 Å². The monoisotopic (exact) mass is 419 g/mol. The maximum atomic E-state index is 12.2. The molecule has 1 amide bonds. The molecule has 2 aromatic carbocycles. The number of ether oxygens (including phenoxy) is 2. The van der Waals surface area contributed by atoms with Gasteiger partial charge in [-0.25, -0.2) is 0 Å². The van der Waals surface area contributed by atoms with Gasteiger partial charge in [0.2, 0.25) is 0 Å². The van der Waals surface area contributed by atoms with Crippen LogP contribution in [0.15, 0.2) is 53.4 Å². The number of hydrogen-bond acceptors (Lipinski definition) is 5. The van der Waals surface area contributed by atoms with Crippen LogP contribution in [-0.2, 0) is 4.79 Å². The molecule has 140 valence electrons.